The van der Waals surface area contributed by atoms with Crippen LogP contribution in [0.15, 0.2) is 116 Å². The van der Waals surface area contributed by atoms with E-state index < -0.39 is 58.7 Å². The third-order valence-corrected chi connectivity index (χ3v) is 14.2. The first-order valence-electron chi connectivity index (χ1n) is 25.6. The van der Waals surface area contributed by atoms with Crippen LogP contribution in [-0.2, 0) is 39.9 Å². The Morgan fingerprint density at radius 3 is 1.41 bits per heavy atom. The molecule has 0 radical (unpaired) electrons. The van der Waals surface area contributed by atoms with Gasteiger partial charge in [-0.15, -0.1) is 0 Å². The van der Waals surface area contributed by atoms with Crippen molar-refractivity contribution in [1.29, 1.82) is 0 Å². The van der Waals surface area contributed by atoms with Crippen molar-refractivity contribution in [2.45, 2.75) is 113 Å². The van der Waals surface area contributed by atoms with E-state index in [9.17, 15) is 39.0 Å². The molecule has 24 nitrogen and oxygen atoms in total. The number of hydrogen-bond donors (Lipinski definition) is 4. The highest BCUT2D eigenvalue weighted by molar-refractivity contribution is 5.94. The predicted molar refractivity (Wildman–Crippen MR) is 267 cm³/mol. The average Bonchev–Trinajstić information content (AvgIpc) is 4.30. The van der Waals surface area contributed by atoms with Crippen molar-refractivity contribution in [3.63, 3.8) is 0 Å². The van der Waals surface area contributed by atoms with Gasteiger partial charge in [0.05, 0.1) is 36.2 Å². The highest BCUT2D eigenvalue weighted by Crippen LogP contribution is 2.46. The first-order valence-corrected chi connectivity index (χ1v) is 25.6. The molecule has 2 amide bonds. The highest BCUT2D eigenvalue weighted by Gasteiger charge is 2.54. The molecule has 2 aliphatic heterocycles. The minimum Gasteiger partial charge on any atom is -0.445 e. The molecule has 26 heteroatoms. The number of ketones is 2. The number of H-pyrrole nitrogens is 2. The first-order chi connectivity index (χ1) is 38.7. The topological polar surface area (TPSA) is 329 Å². The number of unbranched alkanes of at least 4 members (excludes halogenated alkanes) is 4. The molecular weight excluding hydrogens is 1050 g/mol. The number of nitrogens with zero attached hydrogens (tertiary/aromatic N) is 8. The Morgan fingerprint density at radius 1 is 0.600 bits per heavy atom. The van der Waals surface area contributed by atoms with Crippen LogP contribution in [-0.4, -0.2) is 108 Å². The number of aromatic amines is 2. The van der Waals surface area contributed by atoms with E-state index in [2.05, 4.69) is 40.2 Å². The Hall–Kier alpha value is -9.30. The van der Waals surface area contributed by atoms with Crippen LogP contribution < -0.4 is 0 Å². The lowest BCUT2D eigenvalue weighted by Crippen LogP contribution is -2.52. The number of amides is 2. The van der Waals surface area contributed by atoms with Crippen LogP contribution >= 0.6 is 0 Å². The van der Waals surface area contributed by atoms with Gasteiger partial charge in [-0.3, -0.25) is 19.2 Å². The van der Waals surface area contributed by atoms with Crippen LogP contribution in [0.2, 0.25) is 0 Å². The van der Waals surface area contributed by atoms with Gasteiger partial charge in [0, 0.05) is 60.1 Å². The lowest BCUT2D eigenvalue weighted by Gasteiger charge is -2.36. The van der Waals surface area contributed by atoms with Crippen LogP contribution in [0.25, 0.3) is 45.4 Å². The zero-order valence-electron chi connectivity index (χ0n) is 42.4. The number of benzene rings is 2. The van der Waals surface area contributed by atoms with E-state index in [4.69, 9.17) is 27.6 Å². The monoisotopic (exact) mass is 1100 g/mol. The third kappa shape index (κ3) is 11.1. The number of hydroxylamine groups is 4. The molecule has 4 atom stereocenters. The SMILES string of the molecule is O=C(CCCCC[C@@]1(c2ncc(-c3ccc(-c4ncco4)cc3F)[nH]2)CCC(=O)N1OC(=O)C(O)C(O)C(=O)ON1C(=O)CC[C@@]1(CCCCCC(=O)c1ccon1)c1ncc(-c2ccc(-c3ncco3)cc2F)[nH]1)c1ccon1. The Balaban J connectivity index is 0.868. The number of rotatable bonds is 25. The maximum absolute atomic E-state index is 15.7. The van der Waals surface area contributed by atoms with Crippen LogP contribution in [0.5, 0.6) is 0 Å². The summed E-state index contributed by atoms with van der Waals surface area (Å²) in [5.74, 6) is -6.19. The van der Waals surface area contributed by atoms with Crippen molar-refractivity contribution in [2.24, 2.45) is 0 Å². The second kappa shape index (κ2) is 23.3. The van der Waals surface area contributed by atoms with E-state index in [-0.39, 0.29) is 120 Å². The quantitative estimate of drug-likeness (QED) is 0.0315. The summed E-state index contributed by atoms with van der Waals surface area (Å²) in [6.45, 7) is 0. The Bertz CT molecular complexity index is 3260. The molecule has 10 rings (SSSR count). The van der Waals surface area contributed by atoms with E-state index in [0.717, 1.165) is 0 Å². The second-order valence-corrected chi connectivity index (χ2v) is 19.2. The number of Topliss-reactive ketones (excluding diaryl/α,β-unsaturated/α-hetero) is 2. The summed E-state index contributed by atoms with van der Waals surface area (Å²) in [7, 11) is 0. The van der Waals surface area contributed by atoms with E-state index >= 15 is 8.78 Å². The Morgan fingerprint density at radius 2 is 1.04 bits per heavy atom. The number of imidazole rings is 2. The minimum atomic E-state index is -2.72. The largest absolute Gasteiger partial charge is 0.445 e. The fourth-order valence-electron chi connectivity index (χ4n) is 10.0. The highest BCUT2D eigenvalue weighted by atomic mass is 19.1. The molecule has 80 heavy (non-hydrogen) atoms. The van der Waals surface area contributed by atoms with Crippen molar-refractivity contribution in [2.75, 3.05) is 0 Å². The molecule has 2 fully saturated rings. The number of carbonyl (C=O) groups is 6. The van der Waals surface area contributed by atoms with E-state index in [1.54, 1.807) is 12.1 Å². The molecule has 2 unspecified atom stereocenters. The zero-order valence-corrected chi connectivity index (χ0v) is 42.4. The van der Waals surface area contributed by atoms with Gasteiger partial charge >= 0.3 is 11.9 Å². The van der Waals surface area contributed by atoms with Gasteiger partial charge in [-0.05, 0) is 74.9 Å². The predicted octanol–water partition coefficient (Wildman–Crippen LogP) is 7.67. The molecule has 8 heterocycles. The van der Waals surface area contributed by atoms with Gasteiger partial charge in [0.2, 0.25) is 11.8 Å². The molecule has 0 aliphatic carbocycles. The molecule has 0 bridgehead atoms. The van der Waals surface area contributed by atoms with E-state index in [1.165, 1.54) is 86.2 Å². The van der Waals surface area contributed by atoms with Crippen molar-refractivity contribution in [1.82, 2.24) is 50.3 Å². The summed E-state index contributed by atoms with van der Waals surface area (Å²) in [6, 6.07) is 11.4. The van der Waals surface area contributed by atoms with Crippen LogP contribution in [0.3, 0.4) is 0 Å². The minimum absolute atomic E-state index is 0.0118. The summed E-state index contributed by atoms with van der Waals surface area (Å²) in [5.41, 5.74) is -1.61. The fraction of sp³-hybridized carbons (Fsp3) is 0.333. The first kappa shape index (κ1) is 54.1. The standard InChI is InChI=1S/C54H50F2N10O14/c55-35-27-31(47-57-21-25-75-47)9-11-33(35)39-29-59-51(61-39)53(17-5-1-3-7-41(67)37-15-23-77-63-37)19-13-43(69)65(53)79-49(73)45(71)46(72)50(74)80-66-44(70)14-20-54(66,18-6-2-4-8-42(68)38-16-24-78-64-38)52-60-30-40(62-52)34-12-10-32(28-36(34)56)48-58-22-26-76-48/h9-12,15-16,21-30,45-46,71-72H,1-8,13-14,17-20H2,(H,59,61)(H,60,62)/t45?,46?,53-,54-/m0/s1. The number of nitrogens with one attached hydrogen (secondary N) is 2. The number of aliphatic hydroxyl groups excluding tert-OH is 2. The van der Waals surface area contributed by atoms with Crippen molar-refractivity contribution in [3.05, 3.63) is 133 Å². The molecule has 414 valence electrons. The molecule has 2 aromatic carbocycles. The summed E-state index contributed by atoms with van der Waals surface area (Å²) in [5, 5.41) is 31.5. The lowest BCUT2D eigenvalue weighted by atomic mass is 9.89. The molecular formula is C54H50F2N10O14. The molecule has 4 N–H and O–H groups in total. The van der Waals surface area contributed by atoms with Gasteiger partial charge in [-0.1, -0.05) is 36.0 Å². The van der Waals surface area contributed by atoms with E-state index in [1.807, 2.05) is 0 Å². The second-order valence-electron chi connectivity index (χ2n) is 19.2. The van der Waals surface area contributed by atoms with Crippen LogP contribution in [0, 0.1) is 11.6 Å². The molecule has 8 aromatic rings. The lowest BCUT2D eigenvalue weighted by molar-refractivity contribution is -0.237. The average molecular weight is 1100 g/mol. The van der Waals surface area contributed by atoms with Crippen LogP contribution in [0.4, 0.5) is 8.78 Å². The smallest absolute Gasteiger partial charge is 0.364 e. The summed E-state index contributed by atoms with van der Waals surface area (Å²) >= 11 is 0. The van der Waals surface area contributed by atoms with E-state index in [0.29, 0.717) is 59.8 Å². The Labute approximate surface area is 451 Å². The summed E-state index contributed by atoms with van der Waals surface area (Å²) in [4.78, 5) is 115. The van der Waals surface area contributed by atoms with Gasteiger partial charge in [0.1, 0.15) is 70.8 Å². The van der Waals surface area contributed by atoms with Gasteiger partial charge in [-0.25, -0.2) is 38.3 Å². The van der Waals surface area contributed by atoms with Crippen molar-refractivity contribution < 1.29 is 75.3 Å². The van der Waals surface area contributed by atoms with Crippen molar-refractivity contribution >= 4 is 35.3 Å². The maximum atomic E-state index is 15.7. The number of oxazole rings is 2. The van der Waals surface area contributed by atoms with Gasteiger partial charge < -0.3 is 47.7 Å². The maximum Gasteiger partial charge on any atom is 0.364 e. The van der Waals surface area contributed by atoms with Gasteiger partial charge in [0.25, 0.3) is 11.8 Å². The normalized spacial score (nSPS) is 18.0. The molecule has 6 aromatic heterocycles. The zero-order chi connectivity index (χ0) is 56.0. The number of aliphatic hydroxyl groups is 2. The van der Waals surface area contributed by atoms with Crippen molar-refractivity contribution in [3.8, 4) is 45.4 Å². The molecule has 2 aliphatic rings. The van der Waals surface area contributed by atoms with Crippen LogP contribution in [0.1, 0.15) is 123 Å². The third-order valence-electron chi connectivity index (χ3n) is 14.2. The molecule has 0 saturated carbocycles. The molecule has 2 saturated heterocycles. The summed E-state index contributed by atoms with van der Waals surface area (Å²) < 4.78 is 51.6. The number of halogens is 2. The Kier molecular flexibility index (Phi) is 15.8. The number of hydrogen-bond acceptors (Lipinski definition) is 20. The number of carbonyl (C=O) groups excluding carboxylic acids is 6. The summed E-state index contributed by atoms with van der Waals surface area (Å²) in [6.07, 6.45) is 7.46. The van der Waals surface area contributed by atoms with Gasteiger partial charge in [-0.2, -0.15) is 10.1 Å². The fourth-order valence-corrected chi connectivity index (χ4v) is 10.0. The number of aromatic nitrogens is 8. The molecule has 0 spiro atoms. The van der Waals surface area contributed by atoms with Gasteiger partial charge in [0.15, 0.2) is 23.8 Å².